The van der Waals surface area contributed by atoms with Gasteiger partial charge in [0.1, 0.15) is 11.5 Å². The highest BCUT2D eigenvalue weighted by Crippen LogP contribution is 2.21. The van der Waals surface area contributed by atoms with E-state index >= 15 is 0 Å². The van der Waals surface area contributed by atoms with Gasteiger partial charge in [-0.05, 0) is 37.3 Å². The number of aromatic nitrogens is 2. The Morgan fingerprint density at radius 2 is 2.00 bits per heavy atom. The zero-order valence-corrected chi connectivity index (χ0v) is 15.4. The molecule has 0 bridgehead atoms. The Balaban J connectivity index is 1.58. The number of nitrogens with zero attached hydrogens (tertiary/aromatic N) is 3. The van der Waals surface area contributed by atoms with Gasteiger partial charge in [0.05, 0.1) is 0 Å². The molecule has 1 aromatic carbocycles. The molecule has 0 saturated carbocycles. The predicted molar refractivity (Wildman–Crippen MR) is 101 cm³/mol. The Bertz CT molecular complexity index is 739. The normalized spacial score (nSPS) is 17.3. The first-order valence-electron chi connectivity index (χ1n) is 9.56. The molecule has 0 radical (unpaired) electrons. The van der Waals surface area contributed by atoms with E-state index in [4.69, 9.17) is 0 Å². The second kappa shape index (κ2) is 8.79. The fourth-order valence-electron chi connectivity index (χ4n) is 3.61. The van der Waals surface area contributed by atoms with Crippen LogP contribution in [0.5, 0.6) is 0 Å². The van der Waals surface area contributed by atoms with Crippen LogP contribution in [0.2, 0.25) is 0 Å². The summed E-state index contributed by atoms with van der Waals surface area (Å²) in [7, 11) is 0. The summed E-state index contributed by atoms with van der Waals surface area (Å²) in [4.78, 5) is 27.3. The number of carbonyl (C=O) groups excluding carboxylic acids is 2. The molecule has 2 aromatic rings. The number of benzene rings is 1. The maximum absolute atomic E-state index is 12.9. The van der Waals surface area contributed by atoms with Crippen LogP contribution in [0.25, 0.3) is 0 Å². The smallest absolute Gasteiger partial charge is 0.272 e. The highest BCUT2D eigenvalue weighted by Gasteiger charge is 2.29. The molecule has 1 aliphatic rings. The number of rotatable bonds is 7. The Labute approximate surface area is 155 Å². The molecular weight excluding hydrogens is 326 g/mol. The minimum absolute atomic E-state index is 0.00323. The number of piperidine rings is 1. The number of carbonyl (C=O) groups is 2. The molecule has 0 spiro atoms. The van der Waals surface area contributed by atoms with Gasteiger partial charge in [0, 0.05) is 38.2 Å². The maximum Gasteiger partial charge on any atom is 0.272 e. The molecule has 5 nitrogen and oxygen atoms in total. The summed E-state index contributed by atoms with van der Waals surface area (Å²) in [5, 5.41) is 4.24. The van der Waals surface area contributed by atoms with Crippen LogP contribution in [0.4, 0.5) is 0 Å². The van der Waals surface area contributed by atoms with Gasteiger partial charge in [0.2, 0.25) is 0 Å². The number of Topliss-reactive ketones (excluding diaryl/α,β-unsaturated/α-hetero) is 1. The summed E-state index contributed by atoms with van der Waals surface area (Å²) in [6, 6.07) is 11.9. The zero-order valence-electron chi connectivity index (χ0n) is 15.4. The second-order valence-corrected chi connectivity index (χ2v) is 6.98. The van der Waals surface area contributed by atoms with Crippen molar-refractivity contribution in [3.8, 4) is 0 Å². The fourth-order valence-corrected chi connectivity index (χ4v) is 3.61. The van der Waals surface area contributed by atoms with Crippen LogP contribution in [0.1, 0.15) is 48.7 Å². The van der Waals surface area contributed by atoms with Gasteiger partial charge in [-0.3, -0.25) is 14.3 Å². The minimum atomic E-state index is -0.0426. The van der Waals surface area contributed by atoms with E-state index in [1.807, 2.05) is 23.1 Å². The van der Waals surface area contributed by atoms with Crippen molar-refractivity contribution >= 4 is 11.7 Å². The van der Waals surface area contributed by atoms with Crippen molar-refractivity contribution in [2.45, 2.75) is 45.6 Å². The van der Waals surface area contributed by atoms with Crippen molar-refractivity contribution < 1.29 is 9.59 Å². The summed E-state index contributed by atoms with van der Waals surface area (Å²) in [5.74, 6) is 0.226. The summed E-state index contributed by atoms with van der Waals surface area (Å²) in [6.07, 6.45) is 5.69. The lowest BCUT2D eigenvalue weighted by molar-refractivity contribution is -0.124. The van der Waals surface area contributed by atoms with Crippen LogP contribution in [0.3, 0.4) is 0 Å². The van der Waals surface area contributed by atoms with Gasteiger partial charge < -0.3 is 4.90 Å². The van der Waals surface area contributed by atoms with E-state index < -0.39 is 0 Å². The van der Waals surface area contributed by atoms with E-state index in [1.54, 1.807) is 16.9 Å². The summed E-state index contributed by atoms with van der Waals surface area (Å²) in [6.45, 7) is 4.06. The Morgan fingerprint density at radius 1 is 1.19 bits per heavy atom. The molecule has 26 heavy (non-hydrogen) atoms. The van der Waals surface area contributed by atoms with Gasteiger partial charge in [0.15, 0.2) is 0 Å². The van der Waals surface area contributed by atoms with Gasteiger partial charge in [0.25, 0.3) is 5.91 Å². The quantitative estimate of drug-likeness (QED) is 0.767. The molecule has 3 rings (SSSR count). The number of hydrogen-bond acceptors (Lipinski definition) is 3. The van der Waals surface area contributed by atoms with E-state index in [0.29, 0.717) is 18.7 Å². The molecule has 1 fully saturated rings. The van der Waals surface area contributed by atoms with Crippen molar-refractivity contribution in [1.29, 1.82) is 0 Å². The third-order valence-electron chi connectivity index (χ3n) is 5.04. The van der Waals surface area contributed by atoms with Crippen molar-refractivity contribution in [1.82, 2.24) is 14.7 Å². The van der Waals surface area contributed by atoms with E-state index in [-0.39, 0.29) is 17.6 Å². The number of likely N-dealkylation sites (tertiary alicyclic amines) is 1. The van der Waals surface area contributed by atoms with Crippen molar-refractivity contribution in [2.24, 2.45) is 5.92 Å². The molecule has 5 heteroatoms. The van der Waals surface area contributed by atoms with Crippen LogP contribution < -0.4 is 0 Å². The standard InChI is InChI=1S/C21H27N3O2/c1-2-14-24-19(12-13-22-24)21(26)23-15-6-9-18(16-23)20(25)11-10-17-7-4-3-5-8-17/h3-5,7-8,12-13,18H,2,6,9-11,14-16H2,1H3/t18-/m0/s1. The minimum Gasteiger partial charge on any atom is -0.337 e. The molecule has 1 aromatic heterocycles. The van der Waals surface area contributed by atoms with Gasteiger partial charge >= 0.3 is 0 Å². The zero-order chi connectivity index (χ0) is 18.4. The van der Waals surface area contributed by atoms with E-state index in [1.165, 1.54) is 5.56 Å². The van der Waals surface area contributed by atoms with Gasteiger partial charge in [-0.2, -0.15) is 5.10 Å². The third-order valence-corrected chi connectivity index (χ3v) is 5.04. The number of ketones is 1. The molecule has 2 heterocycles. The predicted octanol–water partition coefficient (Wildman–Crippen LogP) is 3.35. The molecule has 1 saturated heterocycles. The summed E-state index contributed by atoms with van der Waals surface area (Å²) >= 11 is 0. The van der Waals surface area contributed by atoms with Gasteiger partial charge in [-0.25, -0.2) is 0 Å². The van der Waals surface area contributed by atoms with Gasteiger partial charge in [-0.1, -0.05) is 37.3 Å². The molecule has 0 aliphatic carbocycles. The Hall–Kier alpha value is -2.43. The Kier molecular flexibility index (Phi) is 6.21. The molecule has 1 aliphatic heterocycles. The first kappa shape index (κ1) is 18.4. The van der Waals surface area contributed by atoms with Crippen molar-refractivity contribution in [2.75, 3.05) is 13.1 Å². The molecule has 138 valence electrons. The van der Waals surface area contributed by atoms with Crippen molar-refractivity contribution in [3.05, 3.63) is 53.9 Å². The Morgan fingerprint density at radius 3 is 2.77 bits per heavy atom. The van der Waals surface area contributed by atoms with E-state index in [9.17, 15) is 9.59 Å². The average Bonchev–Trinajstić information content (AvgIpc) is 3.15. The summed E-state index contributed by atoms with van der Waals surface area (Å²) < 4.78 is 1.77. The van der Waals surface area contributed by atoms with Crippen LogP contribution in [-0.4, -0.2) is 39.5 Å². The van der Waals surface area contributed by atoms with Crippen molar-refractivity contribution in [3.63, 3.8) is 0 Å². The number of hydrogen-bond donors (Lipinski definition) is 0. The molecule has 1 atom stereocenters. The second-order valence-electron chi connectivity index (χ2n) is 6.98. The van der Waals surface area contributed by atoms with Crippen LogP contribution >= 0.6 is 0 Å². The summed E-state index contributed by atoms with van der Waals surface area (Å²) in [5.41, 5.74) is 1.82. The first-order valence-corrected chi connectivity index (χ1v) is 9.56. The monoisotopic (exact) mass is 353 g/mol. The first-order chi connectivity index (χ1) is 12.7. The lowest BCUT2D eigenvalue weighted by Crippen LogP contribution is -2.43. The lowest BCUT2D eigenvalue weighted by Gasteiger charge is -2.32. The maximum atomic E-state index is 12.9. The molecule has 0 N–H and O–H groups in total. The van der Waals surface area contributed by atoms with Crippen LogP contribution in [-0.2, 0) is 17.8 Å². The highest BCUT2D eigenvalue weighted by atomic mass is 16.2. The van der Waals surface area contributed by atoms with Crippen LogP contribution in [0.15, 0.2) is 42.6 Å². The van der Waals surface area contributed by atoms with E-state index in [0.717, 1.165) is 38.8 Å². The number of aryl methyl sites for hydroxylation is 2. The molecule has 1 amide bonds. The fraction of sp³-hybridized carbons (Fsp3) is 0.476. The van der Waals surface area contributed by atoms with E-state index in [2.05, 4.69) is 24.2 Å². The molecular formula is C21H27N3O2. The average molecular weight is 353 g/mol. The SMILES string of the molecule is CCCn1nccc1C(=O)N1CCC[C@H](C(=O)CCc2ccccc2)C1. The lowest BCUT2D eigenvalue weighted by atomic mass is 9.90. The topological polar surface area (TPSA) is 55.2 Å². The third kappa shape index (κ3) is 4.40. The largest absolute Gasteiger partial charge is 0.337 e. The van der Waals surface area contributed by atoms with Gasteiger partial charge in [-0.15, -0.1) is 0 Å². The number of amides is 1. The van der Waals surface area contributed by atoms with Crippen LogP contribution in [0, 0.1) is 5.92 Å². The molecule has 0 unspecified atom stereocenters. The highest BCUT2D eigenvalue weighted by molar-refractivity contribution is 5.93.